The lowest BCUT2D eigenvalue weighted by Crippen LogP contribution is -1.88. The fraction of sp³-hybridized carbons (Fsp3) is 0.800. The Morgan fingerprint density at radius 3 is 1.59 bits per heavy atom. The van der Waals surface area contributed by atoms with Crippen molar-refractivity contribution in [3.63, 3.8) is 0 Å². The molecule has 0 amide bonds. The molecule has 7 heteroatoms. The van der Waals surface area contributed by atoms with Crippen LogP contribution in [-0.4, -0.2) is 14.2 Å². The van der Waals surface area contributed by atoms with Gasteiger partial charge in [0.2, 0.25) is 0 Å². The quantitative estimate of drug-likeness (QED) is 0.540. The second kappa shape index (κ2) is 10.2. The fourth-order valence-corrected chi connectivity index (χ4v) is 2.09. The summed E-state index contributed by atoms with van der Waals surface area (Å²) in [6, 6.07) is 0. The SMILES string of the molecule is C1CCCCC1.COP(=O)(OC)OC=C(Cl)Cl. The Balaban J connectivity index is 0.000000354. The van der Waals surface area contributed by atoms with Crippen LogP contribution in [0.1, 0.15) is 38.5 Å². The van der Waals surface area contributed by atoms with E-state index in [9.17, 15) is 4.57 Å². The predicted molar refractivity (Wildman–Crippen MR) is 70.2 cm³/mol. The maximum absolute atomic E-state index is 11.0. The third-order valence-electron chi connectivity index (χ3n) is 2.22. The molecule has 17 heavy (non-hydrogen) atoms. The van der Waals surface area contributed by atoms with Crippen molar-refractivity contribution < 1.29 is 18.1 Å². The number of phosphoric ester groups is 1. The molecule has 1 saturated carbocycles. The fourth-order valence-electron chi connectivity index (χ4n) is 1.33. The molecular weight excluding hydrogens is 286 g/mol. The predicted octanol–water partition coefficient (Wildman–Crippen LogP) is 5.02. The first kappa shape index (κ1) is 17.3. The highest BCUT2D eigenvalue weighted by Crippen LogP contribution is 2.48. The lowest BCUT2D eigenvalue weighted by Gasteiger charge is -2.10. The third kappa shape index (κ3) is 9.93. The van der Waals surface area contributed by atoms with Crippen LogP contribution in [0.3, 0.4) is 0 Å². The second-order valence-electron chi connectivity index (χ2n) is 3.45. The van der Waals surface area contributed by atoms with Gasteiger partial charge < -0.3 is 4.52 Å². The molecule has 0 aromatic heterocycles. The zero-order valence-corrected chi connectivity index (χ0v) is 12.6. The molecule has 0 spiro atoms. The van der Waals surface area contributed by atoms with Gasteiger partial charge >= 0.3 is 7.82 Å². The van der Waals surface area contributed by atoms with E-state index in [1.807, 2.05) is 0 Å². The maximum atomic E-state index is 11.0. The molecule has 0 radical (unpaired) electrons. The van der Waals surface area contributed by atoms with Crippen LogP contribution < -0.4 is 0 Å². The standard InChI is InChI=1S/C6H12.C4H7Cl2O4P/c1-2-4-6-5-3-1;1-8-11(7,9-2)10-3-4(5)6/h1-6H2;3H,1-2H3. The normalized spacial score (nSPS) is 15.5. The smallest absolute Gasteiger partial charge is 0.409 e. The van der Waals surface area contributed by atoms with E-state index in [4.69, 9.17) is 23.2 Å². The minimum absolute atomic E-state index is 0.167. The Kier molecular flexibility index (Phi) is 10.4. The Hall–Kier alpha value is 0.270. The molecule has 0 heterocycles. The first-order valence-electron chi connectivity index (χ1n) is 5.45. The second-order valence-corrected chi connectivity index (χ2v) is 6.29. The highest BCUT2D eigenvalue weighted by Gasteiger charge is 2.22. The van der Waals surface area contributed by atoms with E-state index in [1.165, 1.54) is 52.7 Å². The van der Waals surface area contributed by atoms with Gasteiger partial charge in [0.1, 0.15) is 10.8 Å². The lowest BCUT2D eigenvalue weighted by molar-refractivity contribution is 0.194. The average molecular weight is 305 g/mol. The van der Waals surface area contributed by atoms with E-state index in [1.54, 1.807) is 0 Å². The van der Waals surface area contributed by atoms with Crippen molar-refractivity contribution in [3.8, 4) is 0 Å². The molecule has 1 aliphatic rings. The van der Waals surface area contributed by atoms with Crippen LogP contribution in [0.2, 0.25) is 0 Å². The summed E-state index contributed by atoms with van der Waals surface area (Å²) in [6.45, 7) is 0. The number of hydrogen-bond donors (Lipinski definition) is 0. The van der Waals surface area contributed by atoms with Gasteiger partial charge in [-0.25, -0.2) is 4.57 Å². The van der Waals surface area contributed by atoms with Gasteiger partial charge in [-0.3, -0.25) is 9.05 Å². The Labute approximate surface area is 113 Å². The maximum Gasteiger partial charge on any atom is 0.529 e. The Morgan fingerprint density at radius 1 is 1.00 bits per heavy atom. The van der Waals surface area contributed by atoms with Crippen molar-refractivity contribution in [1.82, 2.24) is 0 Å². The first-order chi connectivity index (χ1) is 8.04. The summed E-state index contributed by atoms with van der Waals surface area (Å²) < 4.78 is 24.1. The Bertz CT molecular complexity index is 244. The number of hydrogen-bond acceptors (Lipinski definition) is 4. The van der Waals surface area contributed by atoms with E-state index in [2.05, 4.69) is 13.6 Å². The average Bonchev–Trinajstić information content (AvgIpc) is 2.39. The van der Waals surface area contributed by atoms with E-state index < -0.39 is 7.82 Å². The molecule has 1 fully saturated rings. The van der Waals surface area contributed by atoms with Crippen molar-refractivity contribution in [3.05, 3.63) is 10.8 Å². The van der Waals surface area contributed by atoms with E-state index >= 15 is 0 Å². The Morgan fingerprint density at radius 2 is 1.35 bits per heavy atom. The monoisotopic (exact) mass is 304 g/mol. The van der Waals surface area contributed by atoms with Crippen LogP contribution in [0.4, 0.5) is 0 Å². The number of halogens is 2. The lowest BCUT2D eigenvalue weighted by atomic mass is 10.0. The summed E-state index contributed by atoms with van der Waals surface area (Å²) in [5.41, 5.74) is 0. The summed E-state index contributed by atoms with van der Waals surface area (Å²) in [5.74, 6) is 0. The topological polar surface area (TPSA) is 44.8 Å². The van der Waals surface area contributed by atoms with Crippen LogP contribution >= 0.6 is 31.0 Å². The van der Waals surface area contributed by atoms with Crippen LogP contribution in [0, 0.1) is 0 Å². The van der Waals surface area contributed by atoms with Gasteiger partial charge in [0, 0.05) is 14.2 Å². The van der Waals surface area contributed by atoms with Gasteiger partial charge in [-0.15, -0.1) is 0 Å². The molecule has 0 aromatic carbocycles. The van der Waals surface area contributed by atoms with Crippen molar-refractivity contribution in [2.45, 2.75) is 38.5 Å². The highest BCUT2D eigenvalue weighted by atomic mass is 35.5. The van der Waals surface area contributed by atoms with Crippen molar-refractivity contribution >= 4 is 31.0 Å². The summed E-state index contributed by atoms with van der Waals surface area (Å²) in [5, 5.41) is 0. The van der Waals surface area contributed by atoms with Crippen LogP contribution in [0.5, 0.6) is 0 Å². The molecule has 0 N–H and O–H groups in total. The summed E-state index contributed by atoms with van der Waals surface area (Å²) >= 11 is 10.3. The van der Waals surface area contributed by atoms with Gasteiger partial charge in [0.05, 0.1) is 0 Å². The third-order valence-corrected chi connectivity index (χ3v) is 3.65. The molecule has 0 unspecified atom stereocenters. The molecule has 0 atom stereocenters. The molecule has 1 aliphatic carbocycles. The van der Waals surface area contributed by atoms with Crippen molar-refractivity contribution in [2.24, 2.45) is 0 Å². The largest absolute Gasteiger partial charge is 0.529 e. The molecular formula is C10H19Cl2O4P. The molecule has 0 saturated heterocycles. The summed E-state index contributed by atoms with van der Waals surface area (Å²) in [4.78, 5) is 0. The number of phosphoric acid groups is 1. The minimum atomic E-state index is -3.48. The van der Waals surface area contributed by atoms with Crippen molar-refractivity contribution in [1.29, 1.82) is 0 Å². The highest BCUT2D eigenvalue weighted by molar-refractivity contribution is 7.48. The zero-order valence-electron chi connectivity index (χ0n) is 10.2. The van der Waals surface area contributed by atoms with E-state index in [0.29, 0.717) is 0 Å². The van der Waals surface area contributed by atoms with Gasteiger partial charge in [-0.2, -0.15) is 0 Å². The van der Waals surface area contributed by atoms with Gasteiger partial charge in [0.15, 0.2) is 0 Å². The van der Waals surface area contributed by atoms with Crippen LogP contribution in [-0.2, 0) is 18.1 Å². The summed E-state index contributed by atoms with van der Waals surface area (Å²) in [6.07, 6.45) is 9.87. The molecule has 0 bridgehead atoms. The van der Waals surface area contributed by atoms with Crippen LogP contribution in [0.15, 0.2) is 10.8 Å². The number of rotatable bonds is 4. The van der Waals surface area contributed by atoms with E-state index in [0.717, 1.165) is 6.26 Å². The molecule has 102 valence electrons. The zero-order chi connectivity index (χ0) is 13.1. The van der Waals surface area contributed by atoms with Gasteiger partial charge in [0.25, 0.3) is 0 Å². The molecule has 4 nitrogen and oxygen atoms in total. The first-order valence-corrected chi connectivity index (χ1v) is 7.67. The summed E-state index contributed by atoms with van der Waals surface area (Å²) in [7, 11) is -1.12. The van der Waals surface area contributed by atoms with Gasteiger partial charge in [-0.1, -0.05) is 61.7 Å². The molecule has 0 aliphatic heterocycles. The van der Waals surface area contributed by atoms with Crippen molar-refractivity contribution in [2.75, 3.05) is 14.2 Å². The molecule has 1 rings (SSSR count). The minimum Gasteiger partial charge on any atom is -0.409 e. The van der Waals surface area contributed by atoms with Crippen LogP contribution in [0.25, 0.3) is 0 Å². The van der Waals surface area contributed by atoms with Gasteiger partial charge in [-0.05, 0) is 0 Å². The van der Waals surface area contributed by atoms with E-state index in [-0.39, 0.29) is 4.49 Å². The molecule has 0 aromatic rings.